The average molecular weight is 535 g/mol. The van der Waals surface area contributed by atoms with Crippen molar-refractivity contribution in [3.63, 3.8) is 0 Å². The fourth-order valence-corrected chi connectivity index (χ4v) is 4.35. The molecule has 0 spiro atoms. The molecular formula is C23H20Cl2N4O5S. The second-order valence-electron chi connectivity index (χ2n) is 7.04. The number of nitrogens with one attached hydrogen (secondary N) is 1. The third kappa shape index (κ3) is 6.49. The number of nitrogens with two attached hydrogens (primary N) is 1. The smallest absolute Gasteiger partial charge is 0.331 e. The molecule has 0 bridgehead atoms. The van der Waals surface area contributed by atoms with Gasteiger partial charge in [-0.3, -0.25) is 19.3 Å². The lowest BCUT2D eigenvalue weighted by Gasteiger charge is -2.16. The molecule has 3 N–H and O–H groups in total. The minimum Gasteiger partial charge on any atom is -0.466 e. The first-order valence-electron chi connectivity index (χ1n) is 10.2. The van der Waals surface area contributed by atoms with E-state index < -0.39 is 17.8 Å². The lowest BCUT2D eigenvalue weighted by Crippen LogP contribution is -2.30. The van der Waals surface area contributed by atoms with E-state index in [4.69, 9.17) is 28.9 Å². The molecule has 1 fully saturated rings. The zero-order valence-corrected chi connectivity index (χ0v) is 20.7. The van der Waals surface area contributed by atoms with Crippen LogP contribution in [0.15, 0.2) is 58.4 Å². The van der Waals surface area contributed by atoms with Crippen molar-refractivity contribution >= 4 is 69.5 Å². The van der Waals surface area contributed by atoms with E-state index in [9.17, 15) is 19.2 Å². The molecule has 1 heterocycles. The van der Waals surface area contributed by atoms with Crippen molar-refractivity contribution in [2.24, 2.45) is 10.7 Å². The molecule has 3 rings (SSSR count). The summed E-state index contributed by atoms with van der Waals surface area (Å²) in [5.41, 5.74) is 6.23. The summed E-state index contributed by atoms with van der Waals surface area (Å²) < 4.78 is 4.61. The van der Waals surface area contributed by atoms with Crippen LogP contribution in [-0.2, 0) is 14.3 Å². The number of ether oxygens (including phenoxy) is 1. The summed E-state index contributed by atoms with van der Waals surface area (Å²) in [5, 5.41) is 3.19. The number of hydrogen-bond acceptors (Lipinski definition) is 7. The fourth-order valence-electron chi connectivity index (χ4n) is 2.92. The Morgan fingerprint density at radius 1 is 1.17 bits per heavy atom. The number of esters is 1. The molecule has 12 heteroatoms. The molecule has 0 saturated carbocycles. The lowest BCUT2D eigenvalue weighted by molar-refractivity contribution is -0.135. The SMILES string of the molecule is COC(=O)C=C1SC(=NC(=O)c2ccc(Cl)cc2Cl)N(c2ccc(C(=O)NCCCN)cc2)C1=O. The van der Waals surface area contributed by atoms with Gasteiger partial charge in [0.15, 0.2) is 5.17 Å². The minimum atomic E-state index is -0.737. The van der Waals surface area contributed by atoms with Gasteiger partial charge in [0.05, 0.1) is 28.3 Å². The van der Waals surface area contributed by atoms with Gasteiger partial charge in [-0.05, 0) is 67.2 Å². The maximum absolute atomic E-state index is 13.1. The number of rotatable bonds is 7. The zero-order chi connectivity index (χ0) is 25.5. The fraction of sp³-hybridized carbons (Fsp3) is 0.174. The number of methoxy groups -OCH3 is 1. The van der Waals surface area contributed by atoms with Gasteiger partial charge >= 0.3 is 5.97 Å². The number of hydrogen-bond donors (Lipinski definition) is 2. The van der Waals surface area contributed by atoms with Crippen molar-refractivity contribution in [2.75, 3.05) is 25.1 Å². The van der Waals surface area contributed by atoms with Crippen LogP contribution < -0.4 is 16.0 Å². The molecule has 0 radical (unpaired) electrons. The Balaban J connectivity index is 1.95. The molecule has 2 aromatic carbocycles. The van der Waals surface area contributed by atoms with Crippen molar-refractivity contribution in [1.82, 2.24) is 5.32 Å². The third-order valence-corrected chi connectivity index (χ3v) is 6.19. The van der Waals surface area contributed by atoms with Crippen molar-refractivity contribution in [2.45, 2.75) is 6.42 Å². The Labute approximate surface area is 215 Å². The Morgan fingerprint density at radius 2 is 1.89 bits per heavy atom. The van der Waals surface area contributed by atoms with Gasteiger partial charge < -0.3 is 15.8 Å². The van der Waals surface area contributed by atoms with Crippen molar-refractivity contribution in [3.8, 4) is 0 Å². The van der Waals surface area contributed by atoms with Crippen LogP contribution in [0.2, 0.25) is 10.0 Å². The van der Waals surface area contributed by atoms with E-state index >= 15 is 0 Å². The molecule has 0 unspecified atom stereocenters. The quantitative estimate of drug-likeness (QED) is 0.316. The van der Waals surface area contributed by atoms with Gasteiger partial charge in [0.2, 0.25) is 0 Å². The topological polar surface area (TPSA) is 131 Å². The number of benzene rings is 2. The highest BCUT2D eigenvalue weighted by Gasteiger charge is 2.36. The van der Waals surface area contributed by atoms with Crippen LogP contribution >= 0.6 is 35.0 Å². The summed E-state index contributed by atoms with van der Waals surface area (Å²) in [4.78, 5) is 55.2. The predicted octanol–water partition coefficient (Wildman–Crippen LogP) is 3.41. The number of amidine groups is 1. The standard InChI is InChI=1S/C23H20Cl2N4O5S/c1-34-19(30)12-18-22(33)29(15-6-3-13(4-7-15)20(31)27-10-2-9-26)23(35-18)28-21(32)16-8-5-14(24)11-17(16)25/h3-8,11-12H,2,9-10,26H2,1H3,(H,27,31). The summed E-state index contributed by atoms with van der Waals surface area (Å²) in [7, 11) is 1.18. The van der Waals surface area contributed by atoms with Crippen LogP contribution in [0.25, 0.3) is 0 Å². The van der Waals surface area contributed by atoms with Crippen molar-refractivity contribution < 1.29 is 23.9 Å². The van der Waals surface area contributed by atoms with Crippen LogP contribution in [0.1, 0.15) is 27.1 Å². The van der Waals surface area contributed by atoms with E-state index in [0.717, 1.165) is 22.7 Å². The first-order valence-corrected chi connectivity index (χ1v) is 11.8. The van der Waals surface area contributed by atoms with Gasteiger partial charge in [-0.15, -0.1) is 0 Å². The largest absolute Gasteiger partial charge is 0.466 e. The monoisotopic (exact) mass is 534 g/mol. The molecule has 0 aromatic heterocycles. The summed E-state index contributed by atoms with van der Waals surface area (Å²) in [6, 6.07) is 10.4. The maximum Gasteiger partial charge on any atom is 0.331 e. The highest BCUT2D eigenvalue weighted by Crippen LogP contribution is 2.35. The Morgan fingerprint density at radius 3 is 2.51 bits per heavy atom. The first-order chi connectivity index (χ1) is 16.7. The molecule has 35 heavy (non-hydrogen) atoms. The van der Waals surface area contributed by atoms with Gasteiger partial charge in [-0.2, -0.15) is 4.99 Å². The van der Waals surface area contributed by atoms with E-state index in [-0.39, 0.29) is 26.6 Å². The zero-order valence-electron chi connectivity index (χ0n) is 18.4. The maximum atomic E-state index is 13.1. The van der Waals surface area contributed by atoms with Crippen molar-refractivity contribution in [3.05, 3.63) is 74.6 Å². The van der Waals surface area contributed by atoms with Crippen molar-refractivity contribution in [1.29, 1.82) is 0 Å². The van der Waals surface area contributed by atoms with E-state index in [1.54, 1.807) is 0 Å². The van der Waals surface area contributed by atoms with Gasteiger partial charge in [0, 0.05) is 23.2 Å². The van der Waals surface area contributed by atoms with Crippen LogP contribution in [0.5, 0.6) is 0 Å². The van der Waals surface area contributed by atoms with E-state index in [2.05, 4.69) is 15.0 Å². The van der Waals surface area contributed by atoms with E-state index in [1.807, 2.05) is 0 Å². The molecule has 1 aliphatic heterocycles. The van der Waals surface area contributed by atoms with Gasteiger partial charge in [-0.25, -0.2) is 4.79 Å². The molecule has 1 aliphatic rings. The Bertz CT molecular complexity index is 1230. The molecule has 9 nitrogen and oxygen atoms in total. The number of amides is 3. The Hall–Kier alpha value is -3.18. The highest BCUT2D eigenvalue weighted by molar-refractivity contribution is 8.19. The Kier molecular flexibility index (Phi) is 9.05. The van der Waals surface area contributed by atoms with Crippen LogP contribution in [-0.4, -0.2) is 49.1 Å². The molecular weight excluding hydrogens is 515 g/mol. The number of nitrogens with zero attached hydrogens (tertiary/aromatic N) is 2. The normalized spacial score (nSPS) is 15.5. The molecule has 2 aromatic rings. The number of anilines is 1. The molecule has 1 saturated heterocycles. The number of halogens is 2. The van der Waals surface area contributed by atoms with Crippen LogP contribution in [0.4, 0.5) is 5.69 Å². The molecule has 0 aliphatic carbocycles. The molecule has 0 atom stereocenters. The number of aliphatic imine (C=N–C) groups is 1. The summed E-state index contributed by atoms with van der Waals surface area (Å²) >= 11 is 12.8. The molecule has 3 amide bonds. The van der Waals surface area contributed by atoms with Gasteiger partial charge in [0.25, 0.3) is 17.7 Å². The first kappa shape index (κ1) is 26.4. The predicted molar refractivity (Wildman–Crippen MR) is 136 cm³/mol. The number of thioether (sulfide) groups is 1. The summed E-state index contributed by atoms with van der Waals surface area (Å²) in [6.45, 7) is 0.892. The summed E-state index contributed by atoms with van der Waals surface area (Å²) in [5.74, 6) is -2.32. The third-order valence-electron chi connectivity index (χ3n) is 4.67. The minimum absolute atomic E-state index is 0.00122. The molecule has 182 valence electrons. The average Bonchev–Trinajstić information content (AvgIpc) is 3.13. The summed E-state index contributed by atoms with van der Waals surface area (Å²) in [6.07, 6.45) is 1.66. The van der Waals surface area contributed by atoms with Gasteiger partial charge in [-0.1, -0.05) is 23.2 Å². The van der Waals surface area contributed by atoms with Crippen LogP contribution in [0, 0.1) is 0 Å². The van der Waals surface area contributed by atoms with E-state index in [1.165, 1.54) is 49.6 Å². The van der Waals surface area contributed by atoms with Crippen LogP contribution in [0.3, 0.4) is 0 Å². The second-order valence-corrected chi connectivity index (χ2v) is 8.90. The van der Waals surface area contributed by atoms with E-state index in [0.29, 0.717) is 35.8 Å². The number of carbonyl (C=O) groups is 4. The van der Waals surface area contributed by atoms with Gasteiger partial charge in [0.1, 0.15) is 0 Å². The lowest BCUT2D eigenvalue weighted by atomic mass is 10.2. The number of carbonyl (C=O) groups excluding carboxylic acids is 4. The highest BCUT2D eigenvalue weighted by atomic mass is 35.5. The second kappa shape index (κ2) is 12.0.